The van der Waals surface area contributed by atoms with Crippen LogP contribution in [0, 0.1) is 6.92 Å². The number of ether oxygens (including phenoxy) is 4. The fraction of sp³-hybridized carbons (Fsp3) is 0.435. The Morgan fingerprint density at radius 2 is 1.56 bits per heavy atom. The Hall–Kier alpha value is -5.69. The van der Waals surface area contributed by atoms with Gasteiger partial charge >= 0.3 is 0 Å². The molecule has 0 saturated carbocycles. The van der Waals surface area contributed by atoms with Gasteiger partial charge in [-0.05, 0) is 107 Å². The van der Waals surface area contributed by atoms with E-state index in [0.717, 1.165) is 54.5 Å². The minimum atomic E-state index is -1.01. The number of carbonyl (C=O) groups excluding carboxylic acids is 4. The maximum Gasteiger partial charge on any atom is 0.264 e. The van der Waals surface area contributed by atoms with Crippen molar-refractivity contribution in [1.82, 2.24) is 25.1 Å². The number of benzene rings is 3. The van der Waals surface area contributed by atoms with Gasteiger partial charge in [0.2, 0.25) is 17.8 Å². The van der Waals surface area contributed by atoms with Gasteiger partial charge in [0.15, 0.2) is 5.82 Å². The zero-order valence-electron chi connectivity index (χ0n) is 36.4. The number of amides is 4. The van der Waals surface area contributed by atoms with E-state index in [1.165, 1.54) is 11.1 Å². The van der Waals surface area contributed by atoms with Crippen LogP contribution in [0.4, 0.5) is 28.8 Å². The van der Waals surface area contributed by atoms with Crippen molar-refractivity contribution in [2.75, 3.05) is 81.8 Å². The number of fused-ring (bicyclic) bond motifs is 1. The second kappa shape index (κ2) is 22.8. The number of imide groups is 2. The van der Waals surface area contributed by atoms with E-state index >= 15 is 0 Å². The van der Waals surface area contributed by atoms with Crippen molar-refractivity contribution in [3.05, 3.63) is 94.1 Å². The molecule has 0 aliphatic carbocycles. The number of anilines is 5. The van der Waals surface area contributed by atoms with Gasteiger partial charge in [-0.1, -0.05) is 35.9 Å². The van der Waals surface area contributed by atoms with Gasteiger partial charge in [0.1, 0.15) is 16.8 Å². The summed E-state index contributed by atoms with van der Waals surface area (Å²) in [4.78, 5) is 62.8. The van der Waals surface area contributed by atoms with E-state index < -0.39 is 29.7 Å². The van der Waals surface area contributed by atoms with Gasteiger partial charge in [-0.3, -0.25) is 29.4 Å². The second-order valence-corrected chi connectivity index (χ2v) is 16.3. The molecule has 18 heteroatoms. The van der Waals surface area contributed by atoms with Crippen molar-refractivity contribution in [2.24, 2.45) is 0 Å². The van der Waals surface area contributed by atoms with E-state index in [-0.39, 0.29) is 35.5 Å². The van der Waals surface area contributed by atoms with Crippen LogP contribution in [0.25, 0.3) is 0 Å². The number of aromatic nitrogens is 2. The van der Waals surface area contributed by atoms with Gasteiger partial charge in [-0.15, -0.1) is 0 Å². The average Bonchev–Trinajstić information content (AvgIpc) is 3.52. The van der Waals surface area contributed by atoms with E-state index in [2.05, 4.69) is 55.2 Å². The molecule has 1 unspecified atom stereocenters. The van der Waals surface area contributed by atoms with Crippen LogP contribution < -0.4 is 26.0 Å². The Balaban J connectivity index is 0.00000680. The molecule has 17 nitrogen and oxygen atoms in total. The van der Waals surface area contributed by atoms with Crippen molar-refractivity contribution in [1.29, 1.82) is 0 Å². The zero-order chi connectivity index (χ0) is 44.3. The lowest BCUT2D eigenvalue weighted by molar-refractivity contribution is -0.136. The SMILES string of the molecule is Cc1cc(Nc2ncc(Cl)c(Nc3ccccc3)n2)c(OC(C)C)cc1C1CCN(CCOCCOCCOCCNc2cccc3c2C(=O)N(C2CCC(=O)NC2=O)C3=O)CC1.O. The monoisotopic (exact) mass is 900 g/mol. The largest absolute Gasteiger partial charge is 0.489 e. The average molecular weight is 901 g/mol. The number of carbonyl (C=O) groups is 4. The molecule has 342 valence electrons. The molecule has 4 aromatic rings. The summed E-state index contributed by atoms with van der Waals surface area (Å²) in [7, 11) is 0. The quantitative estimate of drug-likeness (QED) is 0.0589. The fourth-order valence-corrected chi connectivity index (χ4v) is 8.15. The summed E-state index contributed by atoms with van der Waals surface area (Å²) in [6, 6.07) is 18.0. The molecule has 0 bridgehead atoms. The third-order valence-electron chi connectivity index (χ3n) is 11.1. The first-order valence-corrected chi connectivity index (χ1v) is 21.9. The first-order valence-electron chi connectivity index (χ1n) is 21.5. The first-order chi connectivity index (χ1) is 30.5. The number of nitrogens with one attached hydrogen (secondary N) is 4. The summed E-state index contributed by atoms with van der Waals surface area (Å²) in [5.41, 5.74) is 5.08. The van der Waals surface area contributed by atoms with Gasteiger partial charge in [-0.25, -0.2) is 4.98 Å². The van der Waals surface area contributed by atoms with Gasteiger partial charge in [0, 0.05) is 30.9 Å². The first kappa shape index (κ1) is 47.8. The Kier molecular flexibility index (Phi) is 17.0. The number of halogens is 1. The Bertz CT molecular complexity index is 2260. The molecule has 4 heterocycles. The summed E-state index contributed by atoms with van der Waals surface area (Å²) < 4.78 is 23.6. The molecule has 64 heavy (non-hydrogen) atoms. The van der Waals surface area contributed by atoms with E-state index in [1.54, 1.807) is 24.4 Å². The molecule has 6 N–H and O–H groups in total. The van der Waals surface area contributed by atoms with Gasteiger partial charge in [0.05, 0.1) is 68.8 Å². The molecule has 7 rings (SSSR count). The molecule has 1 aromatic heterocycles. The number of aryl methyl sites for hydroxylation is 1. The summed E-state index contributed by atoms with van der Waals surface area (Å²) in [6.07, 6.45) is 3.81. The van der Waals surface area contributed by atoms with Crippen LogP contribution in [0.1, 0.15) is 77.3 Å². The van der Waals surface area contributed by atoms with Crippen LogP contribution in [0.5, 0.6) is 5.75 Å². The van der Waals surface area contributed by atoms with Gasteiger partial charge < -0.3 is 45.3 Å². The smallest absolute Gasteiger partial charge is 0.264 e. The summed E-state index contributed by atoms with van der Waals surface area (Å²) in [6.45, 7) is 12.1. The maximum absolute atomic E-state index is 13.3. The lowest BCUT2D eigenvalue weighted by atomic mass is 9.86. The van der Waals surface area contributed by atoms with Crippen LogP contribution in [0.15, 0.2) is 66.9 Å². The number of hydrogen-bond donors (Lipinski definition) is 4. The van der Waals surface area contributed by atoms with Crippen molar-refractivity contribution >= 4 is 64.1 Å². The van der Waals surface area contributed by atoms with Crippen molar-refractivity contribution in [3.63, 3.8) is 0 Å². The molecule has 3 aromatic carbocycles. The number of para-hydroxylation sites is 1. The Morgan fingerprint density at radius 3 is 2.28 bits per heavy atom. The fourth-order valence-electron chi connectivity index (χ4n) is 8.01. The van der Waals surface area contributed by atoms with Crippen molar-refractivity contribution < 1.29 is 43.6 Å². The van der Waals surface area contributed by atoms with E-state index in [1.807, 2.05) is 44.2 Å². The summed E-state index contributed by atoms with van der Waals surface area (Å²) >= 11 is 6.43. The van der Waals surface area contributed by atoms with Gasteiger partial charge in [-0.2, -0.15) is 4.98 Å². The molecule has 0 spiro atoms. The van der Waals surface area contributed by atoms with Crippen LogP contribution in [-0.2, 0) is 23.8 Å². The molecule has 0 radical (unpaired) electrons. The van der Waals surface area contributed by atoms with Crippen LogP contribution >= 0.6 is 11.6 Å². The molecule has 3 aliphatic heterocycles. The van der Waals surface area contributed by atoms with Crippen LogP contribution in [0.2, 0.25) is 5.02 Å². The topological polar surface area (TPSA) is 217 Å². The normalized spacial score (nSPS) is 16.7. The molecular weight excluding hydrogens is 844 g/mol. The lowest BCUT2D eigenvalue weighted by Crippen LogP contribution is -2.54. The Labute approximate surface area is 377 Å². The molecule has 4 amide bonds. The number of piperidine rings is 2. The van der Waals surface area contributed by atoms with Crippen LogP contribution in [-0.4, -0.2) is 127 Å². The summed E-state index contributed by atoms with van der Waals surface area (Å²) in [5, 5.41) is 12.4. The van der Waals surface area contributed by atoms with E-state index in [0.29, 0.717) is 74.6 Å². The number of rotatable bonds is 21. The second-order valence-electron chi connectivity index (χ2n) is 15.9. The van der Waals surface area contributed by atoms with E-state index in [4.69, 9.17) is 30.5 Å². The third kappa shape index (κ3) is 12.1. The standard InChI is InChI=1S/C46H55ClN8O8.H2O/c1-29(2)63-39-27-34(30(3)26-37(39)51-46-49-28-35(47)42(53-46)50-32-8-5-4-6-9-32)31-14-17-54(18-15-31)19-21-61-23-25-62-24-22-60-20-16-48-36-11-7-10-33-41(36)45(59)55(44(33)58)38-12-13-40(56)52-43(38)57;/h4-11,26-29,31,38,48H,12-25H2,1-3H3,(H,52,56,57)(H2,49,50,51,53);1H2. The minimum absolute atomic E-state index is 0. The highest BCUT2D eigenvalue weighted by Crippen LogP contribution is 2.38. The third-order valence-corrected chi connectivity index (χ3v) is 11.4. The predicted octanol–water partition coefficient (Wildman–Crippen LogP) is 5.63. The molecule has 2 saturated heterocycles. The molecule has 2 fully saturated rings. The highest BCUT2D eigenvalue weighted by atomic mass is 35.5. The zero-order valence-corrected chi connectivity index (χ0v) is 37.2. The Morgan fingerprint density at radius 1 is 0.844 bits per heavy atom. The number of hydrogen-bond acceptors (Lipinski definition) is 14. The predicted molar refractivity (Wildman–Crippen MR) is 243 cm³/mol. The van der Waals surface area contributed by atoms with Crippen molar-refractivity contribution in [2.45, 2.75) is 64.5 Å². The van der Waals surface area contributed by atoms with Crippen LogP contribution in [0.3, 0.4) is 0 Å². The highest BCUT2D eigenvalue weighted by molar-refractivity contribution is 6.33. The molecular formula is C46H57ClN8O9. The number of likely N-dealkylation sites (tertiary alicyclic amines) is 1. The molecule has 3 aliphatic rings. The minimum Gasteiger partial charge on any atom is -0.489 e. The maximum atomic E-state index is 13.3. The highest BCUT2D eigenvalue weighted by Gasteiger charge is 2.45. The van der Waals surface area contributed by atoms with Gasteiger partial charge in [0.25, 0.3) is 11.8 Å². The number of nitrogens with zero attached hydrogens (tertiary/aromatic N) is 4. The lowest BCUT2D eigenvalue weighted by Gasteiger charge is -2.33. The van der Waals surface area contributed by atoms with Crippen molar-refractivity contribution in [3.8, 4) is 5.75 Å². The van der Waals surface area contributed by atoms with E-state index in [9.17, 15) is 19.2 Å². The summed E-state index contributed by atoms with van der Waals surface area (Å²) in [5.74, 6) is -0.0537. The molecule has 1 atom stereocenters.